The molecule has 24 heavy (non-hydrogen) atoms. The third-order valence-corrected chi connectivity index (χ3v) is 8.78. The molecule has 0 aromatic heterocycles. The molecule has 140 valence electrons. The number of nitrogens with one attached hydrogen (secondary N) is 3. The van der Waals surface area contributed by atoms with Crippen LogP contribution in [-0.4, -0.2) is 62.5 Å². The van der Waals surface area contributed by atoms with Crippen molar-refractivity contribution in [1.29, 1.82) is 0 Å². The first-order valence-electron chi connectivity index (χ1n) is 9.11. The fraction of sp³-hybridized carbons (Fsp3) is 1.00. The van der Waals surface area contributed by atoms with Gasteiger partial charge in [-0.1, -0.05) is 0 Å². The van der Waals surface area contributed by atoms with E-state index in [-0.39, 0.29) is 17.5 Å². The Morgan fingerprint density at radius 1 is 1.21 bits per heavy atom. The molecule has 3 N–H and O–H groups in total. The molecular weight excluding hydrogens is 349 g/mol. The summed E-state index contributed by atoms with van der Waals surface area (Å²) in [7, 11) is -2.93. The van der Waals surface area contributed by atoms with Gasteiger partial charge in [-0.3, -0.25) is 16.0 Å². The smallest absolute Gasteiger partial charge is 0.179 e. The summed E-state index contributed by atoms with van der Waals surface area (Å²) in [6, 6.07) is 0.214. The van der Waals surface area contributed by atoms with Crippen LogP contribution in [0, 0.1) is 5.92 Å². The zero-order valence-electron chi connectivity index (χ0n) is 14.3. The minimum atomic E-state index is -2.93. The summed E-state index contributed by atoms with van der Waals surface area (Å²) < 4.78 is 37.5. The summed E-state index contributed by atoms with van der Waals surface area (Å²) in [6.45, 7) is 1.46. The fourth-order valence-electron chi connectivity index (χ4n) is 4.18. The molecule has 1 saturated carbocycles. The fourth-order valence-corrected chi connectivity index (χ4v) is 6.52. The van der Waals surface area contributed by atoms with Gasteiger partial charge in [0.15, 0.2) is 6.30 Å². The van der Waals surface area contributed by atoms with Crippen LogP contribution in [0.15, 0.2) is 0 Å². The van der Waals surface area contributed by atoms with Crippen molar-refractivity contribution in [2.45, 2.75) is 67.5 Å². The predicted octanol–water partition coefficient (Wildman–Crippen LogP) is 1.26. The summed E-state index contributed by atoms with van der Waals surface area (Å²) >= 11 is 1.97. The highest BCUT2D eigenvalue weighted by Gasteiger charge is 2.37. The van der Waals surface area contributed by atoms with Crippen molar-refractivity contribution in [3.05, 3.63) is 0 Å². The molecule has 0 radical (unpaired) electrons. The van der Waals surface area contributed by atoms with Gasteiger partial charge >= 0.3 is 0 Å². The average Bonchev–Trinajstić information content (AvgIpc) is 3.07. The highest BCUT2D eigenvalue weighted by Crippen LogP contribution is 2.31. The molecule has 2 aliphatic heterocycles. The monoisotopic (exact) mass is 379 g/mol. The Morgan fingerprint density at radius 3 is 2.58 bits per heavy atom. The number of rotatable bonds is 5. The van der Waals surface area contributed by atoms with Crippen LogP contribution in [0.25, 0.3) is 0 Å². The SMILES string of the molecule is CS(=O)(=O)C1CCC(C2CNC(F)C(NCC3CCCS3)N2)CC1. The molecule has 5 nitrogen and oxygen atoms in total. The lowest BCUT2D eigenvalue weighted by Crippen LogP contribution is -2.66. The number of hydrogen-bond donors (Lipinski definition) is 3. The Hall–Kier alpha value is 0.110. The number of halogens is 1. The second-order valence-corrected chi connectivity index (χ2v) is 11.2. The van der Waals surface area contributed by atoms with Crippen LogP contribution in [0.2, 0.25) is 0 Å². The Labute approximate surface area is 149 Å². The Kier molecular flexibility index (Phi) is 6.46. The van der Waals surface area contributed by atoms with Crippen molar-refractivity contribution in [1.82, 2.24) is 16.0 Å². The van der Waals surface area contributed by atoms with E-state index in [1.165, 1.54) is 24.9 Å². The summed E-state index contributed by atoms with van der Waals surface area (Å²) in [4.78, 5) is 0. The van der Waals surface area contributed by atoms with Crippen LogP contribution in [0.3, 0.4) is 0 Å². The Bertz CT molecular complexity index is 505. The number of sulfone groups is 1. The minimum Gasteiger partial charge on any atom is -0.297 e. The topological polar surface area (TPSA) is 70.2 Å². The molecule has 3 fully saturated rings. The van der Waals surface area contributed by atoms with Crippen molar-refractivity contribution in [2.24, 2.45) is 5.92 Å². The van der Waals surface area contributed by atoms with E-state index in [9.17, 15) is 12.8 Å². The third kappa shape index (κ3) is 4.84. The van der Waals surface area contributed by atoms with Crippen molar-refractivity contribution in [3.8, 4) is 0 Å². The zero-order chi connectivity index (χ0) is 17.2. The van der Waals surface area contributed by atoms with E-state index >= 15 is 0 Å². The molecule has 1 aliphatic carbocycles. The second kappa shape index (κ2) is 8.20. The van der Waals surface area contributed by atoms with Gasteiger partial charge in [-0.2, -0.15) is 11.8 Å². The van der Waals surface area contributed by atoms with E-state index in [0.717, 1.165) is 32.2 Å². The first kappa shape index (κ1) is 18.9. The summed E-state index contributed by atoms with van der Waals surface area (Å²) in [6.07, 6.45) is 5.67. The van der Waals surface area contributed by atoms with Gasteiger partial charge in [0.2, 0.25) is 0 Å². The quantitative estimate of drug-likeness (QED) is 0.625. The van der Waals surface area contributed by atoms with E-state index in [2.05, 4.69) is 16.0 Å². The van der Waals surface area contributed by atoms with E-state index in [4.69, 9.17) is 0 Å². The summed E-state index contributed by atoms with van der Waals surface area (Å²) in [5, 5.41) is 10.2. The lowest BCUT2D eigenvalue weighted by atomic mass is 9.83. The van der Waals surface area contributed by atoms with Crippen LogP contribution in [0.1, 0.15) is 38.5 Å². The van der Waals surface area contributed by atoms with Crippen molar-refractivity contribution in [3.63, 3.8) is 0 Å². The Balaban J connectivity index is 1.48. The number of hydrogen-bond acceptors (Lipinski definition) is 6. The summed E-state index contributed by atoms with van der Waals surface area (Å²) in [5.74, 6) is 1.64. The maximum atomic E-state index is 14.2. The minimum absolute atomic E-state index is 0.187. The van der Waals surface area contributed by atoms with Gasteiger partial charge < -0.3 is 0 Å². The van der Waals surface area contributed by atoms with Gasteiger partial charge in [0.05, 0.1) is 5.25 Å². The van der Waals surface area contributed by atoms with Crippen molar-refractivity contribution in [2.75, 3.05) is 25.1 Å². The van der Waals surface area contributed by atoms with Crippen LogP contribution in [-0.2, 0) is 9.84 Å². The van der Waals surface area contributed by atoms with Crippen LogP contribution in [0.4, 0.5) is 4.39 Å². The number of thioether (sulfide) groups is 1. The molecule has 4 unspecified atom stereocenters. The number of piperazine rings is 1. The lowest BCUT2D eigenvalue weighted by molar-refractivity contribution is 0.0985. The highest BCUT2D eigenvalue weighted by molar-refractivity contribution is 8.00. The second-order valence-electron chi connectivity index (χ2n) is 7.47. The van der Waals surface area contributed by atoms with E-state index in [1.807, 2.05) is 11.8 Å². The first-order valence-corrected chi connectivity index (χ1v) is 12.1. The average molecular weight is 380 g/mol. The molecule has 2 saturated heterocycles. The molecule has 8 heteroatoms. The normalized spacial score (nSPS) is 41.4. The van der Waals surface area contributed by atoms with Crippen molar-refractivity contribution >= 4 is 21.6 Å². The van der Waals surface area contributed by atoms with Gasteiger partial charge in [-0.15, -0.1) is 0 Å². The molecular formula is C16H30FN3O2S2. The van der Waals surface area contributed by atoms with Gasteiger partial charge in [-0.05, 0) is 50.2 Å². The van der Waals surface area contributed by atoms with Crippen LogP contribution < -0.4 is 16.0 Å². The maximum Gasteiger partial charge on any atom is 0.179 e. The van der Waals surface area contributed by atoms with Gasteiger partial charge in [0, 0.05) is 30.6 Å². The molecule has 2 heterocycles. The molecule has 0 amide bonds. The van der Waals surface area contributed by atoms with Crippen LogP contribution >= 0.6 is 11.8 Å². The summed E-state index contributed by atoms with van der Waals surface area (Å²) in [5.41, 5.74) is 0. The van der Waals surface area contributed by atoms with E-state index in [0.29, 0.717) is 17.7 Å². The zero-order valence-corrected chi connectivity index (χ0v) is 16.0. The lowest BCUT2D eigenvalue weighted by Gasteiger charge is -2.41. The largest absolute Gasteiger partial charge is 0.297 e. The maximum absolute atomic E-state index is 14.2. The highest BCUT2D eigenvalue weighted by atomic mass is 32.2. The third-order valence-electron chi connectivity index (χ3n) is 5.70. The van der Waals surface area contributed by atoms with E-state index < -0.39 is 16.1 Å². The van der Waals surface area contributed by atoms with Crippen molar-refractivity contribution < 1.29 is 12.8 Å². The van der Waals surface area contributed by atoms with Gasteiger partial charge in [-0.25, -0.2) is 12.8 Å². The molecule has 3 aliphatic rings. The first-order chi connectivity index (χ1) is 11.4. The molecule has 0 aromatic rings. The van der Waals surface area contributed by atoms with Gasteiger partial charge in [0.1, 0.15) is 16.0 Å². The molecule has 3 rings (SSSR count). The molecule has 4 atom stereocenters. The number of alkyl halides is 1. The van der Waals surface area contributed by atoms with Gasteiger partial charge in [0.25, 0.3) is 0 Å². The van der Waals surface area contributed by atoms with E-state index in [1.54, 1.807) is 0 Å². The molecule has 0 spiro atoms. The van der Waals surface area contributed by atoms with Crippen LogP contribution in [0.5, 0.6) is 0 Å². The standard InChI is InChI=1S/C16H30FN3O2S2/c1-24(21,22)13-6-4-11(5-7-13)14-10-18-15(17)16(20-14)19-9-12-3-2-8-23-12/h11-16,18-20H,2-10H2,1H3. The Morgan fingerprint density at radius 2 is 1.96 bits per heavy atom. The predicted molar refractivity (Wildman–Crippen MR) is 97.7 cm³/mol. The molecule has 0 bridgehead atoms. The molecule has 0 aromatic carbocycles.